The number of nitrogens with one attached hydrogen (secondary N) is 3. The molecule has 0 aliphatic rings. The summed E-state index contributed by atoms with van der Waals surface area (Å²) >= 11 is 5.24. The Kier molecular flexibility index (Phi) is 7.88. The minimum Gasteiger partial charge on any atom is -0.495 e. The quantitative estimate of drug-likeness (QED) is 0.430. The number of sulfonamides is 1. The highest BCUT2D eigenvalue weighted by Gasteiger charge is 2.22. The van der Waals surface area contributed by atoms with Crippen LogP contribution in [-0.2, 0) is 10.0 Å². The predicted octanol–water partition coefficient (Wildman–Crippen LogP) is -0.233. The summed E-state index contributed by atoms with van der Waals surface area (Å²) in [5.41, 5.74) is 0.590. The molecule has 7 nitrogen and oxygen atoms in total. The predicted molar refractivity (Wildman–Crippen MR) is 100 cm³/mol. The third kappa shape index (κ3) is 5.90. The molecule has 0 bridgehead atoms. The maximum atomic E-state index is 12.4. The first kappa shape index (κ1) is 20.6. The van der Waals surface area contributed by atoms with Gasteiger partial charge in [0.2, 0.25) is 10.0 Å². The van der Waals surface area contributed by atoms with E-state index < -0.39 is 10.0 Å². The lowest BCUT2D eigenvalue weighted by Crippen LogP contribution is -3.05. The summed E-state index contributed by atoms with van der Waals surface area (Å²) in [7, 11) is 4.99. The number of thiocarbonyl (C=S) groups is 1. The highest BCUT2D eigenvalue weighted by molar-refractivity contribution is 7.89. The Labute approximate surface area is 150 Å². The van der Waals surface area contributed by atoms with Crippen molar-refractivity contribution >= 4 is 33.0 Å². The molecule has 1 aromatic rings. The Morgan fingerprint density at radius 2 is 2.00 bits per heavy atom. The summed E-state index contributed by atoms with van der Waals surface area (Å²) in [5.74, 6) is 0.294. The van der Waals surface area contributed by atoms with E-state index in [0.29, 0.717) is 16.5 Å². The molecule has 0 fully saturated rings. The minimum absolute atomic E-state index is 0.0963. The van der Waals surface area contributed by atoms with Crippen molar-refractivity contribution in [2.24, 2.45) is 0 Å². The summed E-state index contributed by atoms with van der Waals surface area (Å²) in [4.78, 5) is 1.48. The normalized spacial score (nSPS) is 11.6. The van der Waals surface area contributed by atoms with Gasteiger partial charge < -0.3 is 20.3 Å². The van der Waals surface area contributed by atoms with Crippen LogP contribution < -0.4 is 20.3 Å². The van der Waals surface area contributed by atoms with E-state index in [4.69, 9.17) is 17.0 Å². The van der Waals surface area contributed by atoms with E-state index in [2.05, 4.69) is 24.7 Å². The van der Waals surface area contributed by atoms with Crippen LogP contribution in [0, 0.1) is 0 Å². The summed E-state index contributed by atoms with van der Waals surface area (Å²) in [5, 5.41) is 6.58. The Balaban J connectivity index is 2.82. The Morgan fingerprint density at radius 1 is 1.33 bits per heavy atom. The highest BCUT2D eigenvalue weighted by atomic mass is 32.2. The Hall–Kier alpha value is -1.42. The molecular weight excluding hydrogens is 348 g/mol. The van der Waals surface area contributed by atoms with Crippen LogP contribution in [0.25, 0.3) is 0 Å². The molecule has 0 heterocycles. The standard InChI is InChI=1S/C15H26N4O3S2/c1-18(2)10-6-9-16-15(23)17-12-7-8-13(22-5)14(11-12)24(20,21)19(3)4/h7-8,11H,6,9-10H2,1-5H3,(H2,16,17,23)/p+1. The van der Waals surface area contributed by atoms with Gasteiger partial charge in [-0.05, 0) is 30.4 Å². The van der Waals surface area contributed by atoms with Crippen LogP contribution >= 0.6 is 12.2 Å². The van der Waals surface area contributed by atoms with Gasteiger partial charge in [-0.25, -0.2) is 12.7 Å². The zero-order valence-electron chi connectivity index (χ0n) is 14.8. The SMILES string of the molecule is COc1ccc(NC(=S)NCCC[NH+](C)C)cc1S(=O)(=O)N(C)C. The van der Waals surface area contributed by atoms with E-state index in [1.165, 1.54) is 32.2 Å². The number of hydrogen-bond acceptors (Lipinski definition) is 4. The molecule has 0 saturated heterocycles. The number of benzene rings is 1. The molecule has 0 radical (unpaired) electrons. The van der Waals surface area contributed by atoms with Gasteiger partial charge >= 0.3 is 0 Å². The van der Waals surface area contributed by atoms with Crippen LogP contribution in [0.4, 0.5) is 5.69 Å². The maximum absolute atomic E-state index is 12.4. The van der Waals surface area contributed by atoms with Gasteiger partial charge in [-0.2, -0.15) is 0 Å². The van der Waals surface area contributed by atoms with Crippen molar-refractivity contribution in [1.29, 1.82) is 0 Å². The van der Waals surface area contributed by atoms with Crippen molar-refractivity contribution in [3.8, 4) is 5.75 Å². The molecule has 0 saturated carbocycles. The van der Waals surface area contributed by atoms with Gasteiger partial charge in [0.1, 0.15) is 10.6 Å². The fourth-order valence-corrected chi connectivity index (χ4v) is 3.27. The van der Waals surface area contributed by atoms with Gasteiger partial charge in [0.05, 0.1) is 27.7 Å². The van der Waals surface area contributed by atoms with Crippen LogP contribution in [0.2, 0.25) is 0 Å². The molecule has 0 aliphatic carbocycles. The fourth-order valence-electron chi connectivity index (χ4n) is 1.97. The number of hydrogen-bond donors (Lipinski definition) is 3. The van der Waals surface area contributed by atoms with Gasteiger partial charge in [0.25, 0.3) is 0 Å². The highest BCUT2D eigenvalue weighted by Crippen LogP contribution is 2.28. The largest absolute Gasteiger partial charge is 0.495 e. The maximum Gasteiger partial charge on any atom is 0.246 e. The third-order valence-corrected chi connectivity index (χ3v) is 5.40. The average Bonchev–Trinajstić information content (AvgIpc) is 2.51. The topological polar surface area (TPSA) is 75.1 Å². The lowest BCUT2D eigenvalue weighted by atomic mass is 10.3. The number of nitrogens with zero attached hydrogens (tertiary/aromatic N) is 1. The van der Waals surface area contributed by atoms with Crippen molar-refractivity contribution in [1.82, 2.24) is 9.62 Å². The molecule has 1 rings (SSSR count). The number of methoxy groups -OCH3 is 1. The van der Waals surface area contributed by atoms with Crippen LogP contribution in [0.3, 0.4) is 0 Å². The van der Waals surface area contributed by atoms with Gasteiger partial charge in [-0.15, -0.1) is 0 Å². The summed E-state index contributed by atoms with van der Waals surface area (Å²) in [6.45, 7) is 1.80. The van der Waals surface area contributed by atoms with Crippen LogP contribution in [-0.4, -0.2) is 66.2 Å². The van der Waals surface area contributed by atoms with Gasteiger partial charge in [0, 0.05) is 32.7 Å². The first-order chi connectivity index (χ1) is 11.2. The molecule has 0 spiro atoms. The van der Waals surface area contributed by atoms with E-state index >= 15 is 0 Å². The molecular formula is C15H27N4O3S2+. The van der Waals surface area contributed by atoms with E-state index in [9.17, 15) is 8.42 Å². The second-order valence-corrected chi connectivity index (χ2v) is 8.37. The van der Waals surface area contributed by atoms with Crippen molar-refractivity contribution in [2.45, 2.75) is 11.3 Å². The Morgan fingerprint density at radius 3 is 2.54 bits per heavy atom. The van der Waals surface area contributed by atoms with E-state index in [-0.39, 0.29) is 4.90 Å². The zero-order valence-corrected chi connectivity index (χ0v) is 16.5. The monoisotopic (exact) mass is 375 g/mol. The van der Waals surface area contributed by atoms with Gasteiger partial charge in [0.15, 0.2) is 5.11 Å². The number of ether oxygens (including phenoxy) is 1. The second kappa shape index (κ2) is 9.16. The average molecular weight is 376 g/mol. The summed E-state index contributed by atoms with van der Waals surface area (Å²) < 4.78 is 31.1. The number of rotatable bonds is 8. The third-order valence-electron chi connectivity index (χ3n) is 3.32. The first-order valence-corrected chi connectivity index (χ1v) is 9.47. The molecule has 0 aromatic heterocycles. The fraction of sp³-hybridized carbons (Fsp3) is 0.533. The smallest absolute Gasteiger partial charge is 0.246 e. The van der Waals surface area contributed by atoms with Crippen molar-refractivity contribution in [2.75, 3.05) is 53.7 Å². The lowest BCUT2D eigenvalue weighted by molar-refractivity contribution is -0.858. The molecule has 0 aliphatic heterocycles. The van der Waals surface area contributed by atoms with Crippen LogP contribution in [0.15, 0.2) is 23.1 Å². The minimum atomic E-state index is -3.61. The second-order valence-electron chi connectivity index (χ2n) is 5.84. The first-order valence-electron chi connectivity index (χ1n) is 7.63. The summed E-state index contributed by atoms with van der Waals surface area (Å²) in [6, 6.07) is 4.86. The Bertz CT molecular complexity index is 661. The van der Waals surface area contributed by atoms with Gasteiger partial charge in [-0.3, -0.25) is 0 Å². The zero-order chi connectivity index (χ0) is 18.3. The van der Waals surface area contributed by atoms with E-state index in [0.717, 1.165) is 23.8 Å². The molecule has 0 atom stereocenters. The molecule has 136 valence electrons. The van der Waals surface area contributed by atoms with E-state index in [1.54, 1.807) is 12.1 Å². The van der Waals surface area contributed by atoms with Crippen molar-refractivity contribution in [3.63, 3.8) is 0 Å². The number of anilines is 1. The van der Waals surface area contributed by atoms with Crippen LogP contribution in [0.1, 0.15) is 6.42 Å². The van der Waals surface area contributed by atoms with Gasteiger partial charge in [-0.1, -0.05) is 0 Å². The van der Waals surface area contributed by atoms with Crippen LogP contribution in [0.5, 0.6) is 5.75 Å². The van der Waals surface area contributed by atoms with Crippen molar-refractivity contribution < 1.29 is 18.1 Å². The lowest BCUT2D eigenvalue weighted by Gasteiger charge is -2.17. The molecule has 3 N–H and O–H groups in total. The molecule has 9 heteroatoms. The summed E-state index contributed by atoms with van der Waals surface area (Å²) in [6.07, 6.45) is 0.993. The molecule has 0 amide bonds. The molecule has 24 heavy (non-hydrogen) atoms. The number of quaternary nitrogens is 1. The molecule has 1 aromatic carbocycles. The van der Waals surface area contributed by atoms with E-state index in [1.807, 2.05) is 0 Å². The van der Waals surface area contributed by atoms with Crippen molar-refractivity contribution in [3.05, 3.63) is 18.2 Å². The molecule has 0 unspecified atom stereocenters.